The average Bonchev–Trinajstić information content (AvgIpc) is 2.13. The fourth-order valence-corrected chi connectivity index (χ4v) is 1.67. The lowest BCUT2D eigenvalue weighted by atomic mass is 9.92. The second kappa shape index (κ2) is 5.18. The van der Waals surface area contributed by atoms with Crippen molar-refractivity contribution in [2.75, 3.05) is 0 Å². The second-order valence-electron chi connectivity index (χ2n) is 4.76. The molecule has 1 atom stereocenters. The number of halogens is 3. The van der Waals surface area contributed by atoms with E-state index in [4.69, 9.17) is 4.74 Å². The van der Waals surface area contributed by atoms with Gasteiger partial charge in [0.05, 0.1) is 18.1 Å². The molecule has 1 unspecified atom stereocenters. The van der Waals surface area contributed by atoms with Gasteiger partial charge in [0.2, 0.25) is 0 Å². The number of hydrogen-bond donors (Lipinski definition) is 1. The number of hydrogen-bond acceptors (Lipinski definition) is 2. The van der Waals surface area contributed by atoms with E-state index >= 15 is 0 Å². The van der Waals surface area contributed by atoms with E-state index < -0.39 is 18.2 Å². The molecule has 0 amide bonds. The minimum atomic E-state index is -4.42. The Labute approximate surface area is 104 Å². The van der Waals surface area contributed by atoms with Gasteiger partial charge in [0.25, 0.3) is 0 Å². The number of rotatable bonds is 4. The van der Waals surface area contributed by atoms with Crippen LogP contribution < -0.4 is 4.74 Å². The van der Waals surface area contributed by atoms with Gasteiger partial charge in [-0.05, 0) is 38.5 Å². The summed E-state index contributed by atoms with van der Waals surface area (Å²) in [5, 5.41) is 9.90. The largest absolute Gasteiger partial charge is 0.491 e. The molecule has 2 nitrogen and oxygen atoms in total. The topological polar surface area (TPSA) is 29.5 Å². The predicted octanol–water partition coefficient (Wildman–Crippen LogP) is 3.63. The minimum absolute atomic E-state index is 0.0761. The van der Waals surface area contributed by atoms with Gasteiger partial charge in [-0.25, -0.2) is 0 Å². The molecule has 102 valence electrons. The number of benzene rings is 1. The van der Waals surface area contributed by atoms with Crippen LogP contribution in [0.5, 0.6) is 5.75 Å². The zero-order valence-corrected chi connectivity index (χ0v) is 10.6. The summed E-state index contributed by atoms with van der Waals surface area (Å²) < 4.78 is 42.5. The van der Waals surface area contributed by atoms with E-state index in [1.54, 1.807) is 12.1 Å². The highest BCUT2D eigenvalue weighted by Gasteiger charge is 2.39. The van der Waals surface area contributed by atoms with Gasteiger partial charge in [-0.1, -0.05) is 12.1 Å². The van der Waals surface area contributed by atoms with Gasteiger partial charge in [0.15, 0.2) is 0 Å². The Hall–Kier alpha value is -1.23. The Balaban J connectivity index is 2.94. The summed E-state index contributed by atoms with van der Waals surface area (Å²) in [6.45, 7) is 4.79. The van der Waals surface area contributed by atoms with Crippen molar-refractivity contribution in [3.63, 3.8) is 0 Å². The van der Waals surface area contributed by atoms with Crippen molar-refractivity contribution in [2.24, 2.45) is 0 Å². The van der Waals surface area contributed by atoms with Crippen LogP contribution in [0.3, 0.4) is 0 Å². The quantitative estimate of drug-likeness (QED) is 0.897. The summed E-state index contributed by atoms with van der Waals surface area (Å²) in [5.74, 6) is 0.449. The molecule has 1 rings (SSSR count). The molecule has 1 aromatic carbocycles. The lowest BCUT2D eigenvalue weighted by Crippen LogP contribution is -2.29. The first-order chi connectivity index (χ1) is 8.10. The maximum absolute atomic E-state index is 12.4. The van der Waals surface area contributed by atoms with E-state index in [-0.39, 0.29) is 11.7 Å². The molecule has 18 heavy (non-hydrogen) atoms. The van der Waals surface area contributed by atoms with Crippen LogP contribution in [0.1, 0.15) is 32.8 Å². The molecule has 0 aliphatic carbocycles. The Bertz CT molecular complexity index is 397. The van der Waals surface area contributed by atoms with Crippen LogP contribution in [-0.4, -0.2) is 17.4 Å². The first-order valence-corrected chi connectivity index (χ1v) is 5.66. The van der Waals surface area contributed by atoms with Crippen molar-refractivity contribution < 1.29 is 23.0 Å². The normalized spacial score (nSPS) is 15.6. The van der Waals surface area contributed by atoms with Crippen LogP contribution in [-0.2, 0) is 5.60 Å². The van der Waals surface area contributed by atoms with Gasteiger partial charge in [-0.3, -0.25) is 0 Å². The van der Waals surface area contributed by atoms with Crippen LogP contribution in [0, 0.1) is 0 Å². The molecular weight excluding hydrogens is 245 g/mol. The van der Waals surface area contributed by atoms with Gasteiger partial charge in [0, 0.05) is 0 Å². The predicted molar refractivity (Wildman–Crippen MR) is 62.4 cm³/mol. The van der Waals surface area contributed by atoms with E-state index in [1.165, 1.54) is 12.1 Å². The van der Waals surface area contributed by atoms with Crippen LogP contribution >= 0.6 is 0 Å². The highest BCUT2D eigenvalue weighted by Crippen LogP contribution is 2.35. The van der Waals surface area contributed by atoms with Crippen molar-refractivity contribution in [3.8, 4) is 5.75 Å². The third kappa shape index (κ3) is 4.56. The Morgan fingerprint density at radius 2 is 1.89 bits per heavy atom. The second-order valence-corrected chi connectivity index (χ2v) is 4.76. The molecule has 0 fully saturated rings. The molecule has 0 aromatic heterocycles. The standard InChI is InChI=1S/C13H17F3O2/c1-9(2)18-11-6-4-5-10(7-11)12(3,17)8-13(14,15)16/h4-7,9,17H,8H2,1-3H3. The zero-order chi connectivity index (χ0) is 14.0. The lowest BCUT2D eigenvalue weighted by molar-refractivity contribution is -0.174. The van der Waals surface area contributed by atoms with Crippen molar-refractivity contribution in [1.82, 2.24) is 0 Å². The molecule has 0 heterocycles. The molecule has 0 bridgehead atoms. The summed E-state index contributed by atoms with van der Waals surface area (Å²) in [6.07, 6.45) is -5.78. The van der Waals surface area contributed by atoms with E-state index in [0.717, 1.165) is 6.92 Å². The van der Waals surface area contributed by atoms with E-state index in [9.17, 15) is 18.3 Å². The average molecular weight is 262 g/mol. The van der Waals surface area contributed by atoms with Gasteiger partial charge >= 0.3 is 6.18 Å². The third-order valence-electron chi connectivity index (χ3n) is 2.37. The maximum Gasteiger partial charge on any atom is 0.392 e. The van der Waals surface area contributed by atoms with Gasteiger partial charge < -0.3 is 9.84 Å². The maximum atomic E-state index is 12.4. The van der Waals surface area contributed by atoms with Gasteiger partial charge in [-0.2, -0.15) is 13.2 Å². The van der Waals surface area contributed by atoms with Crippen LogP contribution in [0.4, 0.5) is 13.2 Å². The molecule has 1 aromatic rings. The zero-order valence-electron chi connectivity index (χ0n) is 10.6. The smallest absolute Gasteiger partial charge is 0.392 e. The van der Waals surface area contributed by atoms with E-state index in [1.807, 2.05) is 13.8 Å². The van der Waals surface area contributed by atoms with Gasteiger partial charge in [-0.15, -0.1) is 0 Å². The molecule has 0 aliphatic heterocycles. The van der Waals surface area contributed by atoms with Crippen molar-refractivity contribution >= 4 is 0 Å². The first kappa shape index (κ1) is 14.8. The Morgan fingerprint density at radius 1 is 1.28 bits per heavy atom. The fraction of sp³-hybridized carbons (Fsp3) is 0.538. The Morgan fingerprint density at radius 3 is 2.39 bits per heavy atom. The van der Waals surface area contributed by atoms with Gasteiger partial charge in [0.1, 0.15) is 5.75 Å². The highest BCUT2D eigenvalue weighted by atomic mass is 19.4. The number of alkyl halides is 3. The molecule has 0 spiro atoms. The first-order valence-electron chi connectivity index (χ1n) is 5.66. The molecule has 1 N–H and O–H groups in total. The summed E-state index contributed by atoms with van der Waals surface area (Å²) in [4.78, 5) is 0. The van der Waals surface area contributed by atoms with E-state index in [0.29, 0.717) is 5.75 Å². The summed E-state index contributed by atoms with van der Waals surface area (Å²) in [7, 11) is 0. The highest BCUT2D eigenvalue weighted by molar-refractivity contribution is 5.32. The third-order valence-corrected chi connectivity index (χ3v) is 2.37. The van der Waals surface area contributed by atoms with E-state index in [2.05, 4.69) is 0 Å². The fourth-order valence-electron chi connectivity index (χ4n) is 1.67. The number of ether oxygens (including phenoxy) is 1. The Kier molecular flexibility index (Phi) is 4.27. The minimum Gasteiger partial charge on any atom is -0.491 e. The SMILES string of the molecule is CC(C)Oc1cccc(C(C)(O)CC(F)(F)F)c1. The molecule has 0 saturated carbocycles. The van der Waals surface area contributed by atoms with Crippen LogP contribution in [0.15, 0.2) is 24.3 Å². The molecule has 0 aliphatic rings. The van der Waals surface area contributed by atoms with Crippen molar-refractivity contribution in [3.05, 3.63) is 29.8 Å². The summed E-state index contributed by atoms with van der Waals surface area (Å²) >= 11 is 0. The molecule has 0 saturated heterocycles. The monoisotopic (exact) mass is 262 g/mol. The molecular formula is C13H17F3O2. The lowest BCUT2D eigenvalue weighted by Gasteiger charge is -2.25. The van der Waals surface area contributed by atoms with Crippen LogP contribution in [0.2, 0.25) is 0 Å². The molecule has 0 radical (unpaired) electrons. The summed E-state index contributed by atoms with van der Waals surface area (Å²) in [5.41, 5.74) is -1.76. The van der Waals surface area contributed by atoms with Crippen LogP contribution in [0.25, 0.3) is 0 Å². The summed E-state index contributed by atoms with van der Waals surface area (Å²) in [6, 6.07) is 6.11. The molecule has 5 heteroatoms. The number of aliphatic hydroxyl groups is 1. The van der Waals surface area contributed by atoms with Crippen molar-refractivity contribution in [2.45, 2.75) is 45.1 Å². The van der Waals surface area contributed by atoms with Crippen molar-refractivity contribution in [1.29, 1.82) is 0 Å².